The molecular formula is C16H19NO3. The molecule has 1 saturated carbocycles. The summed E-state index contributed by atoms with van der Waals surface area (Å²) in [6.07, 6.45) is 6.77. The number of allylic oxidation sites excluding steroid dienone is 1. The molecule has 0 aromatic heterocycles. The first kappa shape index (κ1) is 13.0. The van der Waals surface area contributed by atoms with Crippen LogP contribution < -0.4 is 14.8 Å². The van der Waals surface area contributed by atoms with E-state index in [1.807, 2.05) is 24.4 Å². The van der Waals surface area contributed by atoms with Crippen molar-refractivity contribution in [3.63, 3.8) is 0 Å². The van der Waals surface area contributed by atoms with E-state index in [-0.39, 0.29) is 0 Å². The number of rotatable bonds is 3. The minimum atomic E-state index is 0.292. The van der Waals surface area contributed by atoms with E-state index in [0.717, 1.165) is 48.3 Å². The van der Waals surface area contributed by atoms with Crippen molar-refractivity contribution in [3.8, 4) is 11.5 Å². The quantitative estimate of drug-likeness (QED) is 0.679. The summed E-state index contributed by atoms with van der Waals surface area (Å²) in [5.74, 6) is 1.88. The molecule has 0 atom stereocenters. The predicted octanol–water partition coefficient (Wildman–Crippen LogP) is 2.92. The van der Waals surface area contributed by atoms with E-state index in [1.165, 1.54) is 0 Å². The van der Waals surface area contributed by atoms with E-state index < -0.39 is 0 Å². The van der Waals surface area contributed by atoms with Gasteiger partial charge in [0.05, 0.1) is 0 Å². The molecule has 0 unspecified atom stereocenters. The van der Waals surface area contributed by atoms with Gasteiger partial charge in [-0.15, -0.1) is 0 Å². The summed E-state index contributed by atoms with van der Waals surface area (Å²) >= 11 is 0. The fourth-order valence-electron chi connectivity index (χ4n) is 2.57. The molecule has 1 heterocycles. The highest BCUT2D eigenvalue weighted by atomic mass is 16.7. The van der Waals surface area contributed by atoms with Crippen molar-refractivity contribution < 1.29 is 14.3 Å². The number of hydrogen-bond donors (Lipinski definition) is 1. The van der Waals surface area contributed by atoms with Gasteiger partial charge in [0.2, 0.25) is 6.79 Å². The van der Waals surface area contributed by atoms with E-state index in [1.54, 1.807) is 0 Å². The molecule has 0 bridgehead atoms. The van der Waals surface area contributed by atoms with E-state index in [4.69, 9.17) is 9.47 Å². The van der Waals surface area contributed by atoms with Gasteiger partial charge in [-0.1, -0.05) is 12.5 Å². The van der Waals surface area contributed by atoms with Crippen LogP contribution in [0.25, 0.3) is 0 Å². The van der Waals surface area contributed by atoms with Gasteiger partial charge >= 0.3 is 0 Å². The molecule has 4 heteroatoms. The number of Topliss-reactive ketones (excluding diaryl/α,β-unsaturated/α-hetero) is 1. The number of fused-ring (bicyclic) bond motifs is 1. The second-order valence-corrected chi connectivity index (χ2v) is 5.22. The molecule has 0 saturated heterocycles. The van der Waals surface area contributed by atoms with E-state index in [0.29, 0.717) is 25.5 Å². The molecule has 2 aliphatic rings. The first-order valence-electron chi connectivity index (χ1n) is 7.17. The average molecular weight is 273 g/mol. The third-order valence-electron chi connectivity index (χ3n) is 3.73. The van der Waals surface area contributed by atoms with Crippen LogP contribution in [0, 0.1) is 0 Å². The monoisotopic (exact) mass is 273 g/mol. The number of ether oxygens (including phenoxy) is 2. The molecule has 1 aromatic carbocycles. The van der Waals surface area contributed by atoms with Crippen molar-refractivity contribution in [1.82, 2.24) is 5.32 Å². The van der Waals surface area contributed by atoms with Gasteiger partial charge in [0.1, 0.15) is 0 Å². The van der Waals surface area contributed by atoms with E-state index in [9.17, 15) is 4.79 Å². The lowest BCUT2D eigenvalue weighted by atomic mass is 10.1. The normalized spacial score (nSPS) is 20.0. The van der Waals surface area contributed by atoms with Crippen LogP contribution in [-0.4, -0.2) is 12.6 Å². The predicted molar refractivity (Wildman–Crippen MR) is 75.6 cm³/mol. The van der Waals surface area contributed by atoms with Crippen molar-refractivity contribution in [2.75, 3.05) is 6.79 Å². The molecule has 0 radical (unpaired) electrons. The Morgan fingerprint density at radius 3 is 2.90 bits per heavy atom. The van der Waals surface area contributed by atoms with Gasteiger partial charge in [0, 0.05) is 24.7 Å². The lowest BCUT2D eigenvalue weighted by Gasteiger charge is -2.06. The molecule has 1 aliphatic carbocycles. The summed E-state index contributed by atoms with van der Waals surface area (Å²) in [5.41, 5.74) is 2.05. The van der Waals surface area contributed by atoms with Crippen LogP contribution in [0.3, 0.4) is 0 Å². The lowest BCUT2D eigenvalue weighted by Crippen LogP contribution is -2.09. The van der Waals surface area contributed by atoms with Crippen LogP contribution >= 0.6 is 0 Å². The van der Waals surface area contributed by atoms with Crippen LogP contribution in [0.2, 0.25) is 0 Å². The van der Waals surface area contributed by atoms with Crippen LogP contribution in [0.4, 0.5) is 0 Å². The molecule has 1 fully saturated rings. The van der Waals surface area contributed by atoms with Crippen LogP contribution in [0.1, 0.15) is 37.7 Å². The van der Waals surface area contributed by atoms with Gasteiger partial charge in [-0.25, -0.2) is 0 Å². The zero-order valence-electron chi connectivity index (χ0n) is 11.5. The highest BCUT2D eigenvalue weighted by Gasteiger charge is 2.14. The Hall–Kier alpha value is -1.97. The minimum absolute atomic E-state index is 0.292. The van der Waals surface area contributed by atoms with Crippen LogP contribution in [0.15, 0.2) is 30.0 Å². The third kappa shape index (κ3) is 2.95. The molecule has 106 valence electrons. The fourth-order valence-corrected chi connectivity index (χ4v) is 2.57. The largest absolute Gasteiger partial charge is 0.454 e. The summed E-state index contributed by atoms with van der Waals surface area (Å²) in [6.45, 7) is 0.984. The molecule has 3 rings (SSSR count). The number of benzene rings is 1. The summed E-state index contributed by atoms with van der Waals surface area (Å²) in [6, 6.07) is 5.90. The Kier molecular flexibility index (Phi) is 3.90. The molecule has 4 nitrogen and oxygen atoms in total. The number of ketones is 1. The second-order valence-electron chi connectivity index (χ2n) is 5.22. The molecule has 20 heavy (non-hydrogen) atoms. The Morgan fingerprint density at radius 2 is 1.95 bits per heavy atom. The number of hydrogen-bond acceptors (Lipinski definition) is 4. The maximum absolute atomic E-state index is 11.9. The molecule has 1 aromatic rings. The number of carbonyl (C=O) groups is 1. The molecule has 0 spiro atoms. The number of nitrogens with one attached hydrogen (secondary N) is 1. The highest BCUT2D eigenvalue weighted by Crippen LogP contribution is 2.32. The Balaban J connectivity index is 1.60. The summed E-state index contributed by atoms with van der Waals surface area (Å²) in [7, 11) is 0. The second kappa shape index (κ2) is 5.99. The average Bonchev–Trinajstić information content (AvgIpc) is 2.83. The Bertz CT molecular complexity index is 537. The standard InChI is InChI=1S/C16H19NO3/c18-14-5-3-1-2-4-13(14)10-17-9-12-6-7-15-16(8-12)20-11-19-15/h6-8,10,17H,1-5,9,11H2/b13-10+. The minimum Gasteiger partial charge on any atom is -0.454 e. The van der Waals surface area contributed by atoms with E-state index >= 15 is 0 Å². The van der Waals surface area contributed by atoms with Crippen molar-refractivity contribution in [2.45, 2.75) is 38.6 Å². The van der Waals surface area contributed by atoms with Gasteiger partial charge in [-0.3, -0.25) is 4.79 Å². The molecule has 1 aliphatic heterocycles. The Labute approximate surface area is 118 Å². The zero-order chi connectivity index (χ0) is 13.8. The maximum Gasteiger partial charge on any atom is 0.231 e. The van der Waals surface area contributed by atoms with Crippen LogP contribution in [0.5, 0.6) is 11.5 Å². The zero-order valence-corrected chi connectivity index (χ0v) is 11.5. The fraction of sp³-hybridized carbons (Fsp3) is 0.438. The third-order valence-corrected chi connectivity index (χ3v) is 3.73. The van der Waals surface area contributed by atoms with E-state index in [2.05, 4.69) is 5.32 Å². The molecule has 1 N–H and O–H groups in total. The van der Waals surface area contributed by atoms with Crippen LogP contribution in [-0.2, 0) is 11.3 Å². The smallest absolute Gasteiger partial charge is 0.231 e. The van der Waals surface area contributed by atoms with Gasteiger partial charge in [-0.05, 0) is 37.0 Å². The maximum atomic E-state index is 11.9. The summed E-state index contributed by atoms with van der Waals surface area (Å²) < 4.78 is 10.6. The summed E-state index contributed by atoms with van der Waals surface area (Å²) in [4.78, 5) is 11.9. The van der Waals surface area contributed by atoms with Gasteiger partial charge in [0.15, 0.2) is 17.3 Å². The van der Waals surface area contributed by atoms with Crippen molar-refractivity contribution >= 4 is 5.78 Å². The number of carbonyl (C=O) groups excluding carboxylic acids is 1. The van der Waals surface area contributed by atoms with Crippen molar-refractivity contribution in [2.24, 2.45) is 0 Å². The highest BCUT2D eigenvalue weighted by molar-refractivity contribution is 5.95. The van der Waals surface area contributed by atoms with Gasteiger partial charge < -0.3 is 14.8 Å². The van der Waals surface area contributed by atoms with Gasteiger partial charge in [-0.2, -0.15) is 0 Å². The molecule has 0 amide bonds. The first-order chi connectivity index (χ1) is 9.83. The SMILES string of the molecule is O=C1CCCCC/C1=C\NCc1ccc2c(c1)OCO2. The molecular weight excluding hydrogens is 254 g/mol. The van der Waals surface area contributed by atoms with Crippen molar-refractivity contribution in [1.29, 1.82) is 0 Å². The summed E-state index contributed by atoms with van der Waals surface area (Å²) in [5, 5.41) is 3.24. The Morgan fingerprint density at radius 1 is 1.10 bits per heavy atom. The van der Waals surface area contributed by atoms with Gasteiger partial charge in [0.25, 0.3) is 0 Å². The van der Waals surface area contributed by atoms with Crippen molar-refractivity contribution in [3.05, 3.63) is 35.5 Å². The topological polar surface area (TPSA) is 47.6 Å². The lowest BCUT2D eigenvalue weighted by molar-refractivity contribution is -0.115. The first-order valence-corrected chi connectivity index (χ1v) is 7.17.